The summed E-state index contributed by atoms with van der Waals surface area (Å²) < 4.78 is 5.27. The van der Waals surface area contributed by atoms with E-state index in [1.54, 1.807) is 7.11 Å². The summed E-state index contributed by atoms with van der Waals surface area (Å²) in [4.78, 5) is 14.7. The van der Waals surface area contributed by atoms with Crippen LogP contribution in [-0.4, -0.2) is 37.1 Å². The van der Waals surface area contributed by atoms with Crippen molar-refractivity contribution >= 4 is 16.7 Å². The number of methoxy groups -OCH3 is 1. The van der Waals surface area contributed by atoms with E-state index in [0.29, 0.717) is 13.0 Å². The molecular weight excluding hydrogens is 288 g/mol. The molecule has 2 aromatic rings. The maximum Gasteiger partial charge on any atom is 0.225 e. The van der Waals surface area contributed by atoms with E-state index in [1.807, 2.05) is 11.0 Å². The van der Waals surface area contributed by atoms with E-state index in [4.69, 9.17) is 10.5 Å². The minimum Gasteiger partial charge on any atom is -0.380 e. The average molecular weight is 312 g/mol. The van der Waals surface area contributed by atoms with Gasteiger partial charge in [-0.15, -0.1) is 0 Å². The van der Waals surface area contributed by atoms with Crippen LogP contribution in [0.3, 0.4) is 0 Å². The van der Waals surface area contributed by atoms with Crippen molar-refractivity contribution in [1.82, 2.24) is 4.90 Å². The Bertz CT molecular complexity index is 677. The largest absolute Gasteiger partial charge is 0.380 e. The van der Waals surface area contributed by atoms with Gasteiger partial charge in [-0.25, -0.2) is 0 Å². The second-order valence-corrected chi connectivity index (χ2v) is 6.11. The fraction of sp³-hybridized carbons (Fsp3) is 0.421. The lowest BCUT2D eigenvalue weighted by molar-refractivity contribution is -0.134. The molecule has 0 unspecified atom stereocenters. The molecule has 2 N–H and O–H groups in total. The summed E-state index contributed by atoms with van der Waals surface area (Å²) in [6.45, 7) is 1.18. The van der Waals surface area contributed by atoms with Crippen LogP contribution in [0.4, 0.5) is 0 Å². The Morgan fingerprint density at radius 1 is 1.30 bits per heavy atom. The van der Waals surface area contributed by atoms with Crippen molar-refractivity contribution in [1.29, 1.82) is 0 Å². The first-order chi connectivity index (χ1) is 11.2. The Kier molecular flexibility index (Phi) is 4.94. The first-order valence-electron chi connectivity index (χ1n) is 8.24. The third kappa shape index (κ3) is 3.23. The smallest absolute Gasteiger partial charge is 0.225 e. The van der Waals surface area contributed by atoms with Gasteiger partial charge in [0.15, 0.2) is 0 Å². The van der Waals surface area contributed by atoms with Crippen molar-refractivity contribution in [2.45, 2.75) is 31.4 Å². The van der Waals surface area contributed by atoms with Crippen LogP contribution in [0.1, 0.15) is 30.9 Å². The lowest BCUT2D eigenvalue weighted by Crippen LogP contribution is -2.35. The fourth-order valence-corrected chi connectivity index (χ4v) is 3.50. The number of ether oxygens (including phenoxy) is 1. The van der Waals surface area contributed by atoms with Gasteiger partial charge in [0.25, 0.3) is 0 Å². The zero-order valence-electron chi connectivity index (χ0n) is 13.6. The van der Waals surface area contributed by atoms with E-state index >= 15 is 0 Å². The average Bonchev–Trinajstić information content (AvgIpc) is 3.08. The van der Waals surface area contributed by atoms with Crippen molar-refractivity contribution in [3.8, 4) is 0 Å². The van der Waals surface area contributed by atoms with Crippen molar-refractivity contribution in [3.05, 3.63) is 48.0 Å². The monoisotopic (exact) mass is 312 g/mol. The Hall–Kier alpha value is -1.91. The van der Waals surface area contributed by atoms with Crippen molar-refractivity contribution in [2.24, 2.45) is 5.73 Å². The number of carbonyl (C=O) groups excluding carboxylic acids is 1. The van der Waals surface area contributed by atoms with Gasteiger partial charge in [-0.05, 0) is 29.2 Å². The first kappa shape index (κ1) is 16.0. The normalized spacial score (nSPS) is 19.2. The second-order valence-electron chi connectivity index (χ2n) is 6.11. The van der Waals surface area contributed by atoms with E-state index in [0.717, 1.165) is 19.4 Å². The van der Waals surface area contributed by atoms with Gasteiger partial charge < -0.3 is 15.4 Å². The number of fused-ring (bicyclic) bond motifs is 1. The molecule has 2 aromatic carbocycles. The molecule has 0 aromatic heterocycles. The molecule has 1 amide bonds. The molecule has 2 atom stereocenters. The van der Waals surface area contributed by atoms with Gasteiger partial charge >= 0.3 is 0 Å². The Morgan fingerprint density at radius 2 is 2.09 bits per heavy atom. The van der Waals surface area contributed by atoms with Crippen LogP contribution in [0.25, 0.3) is 10.8 Å². The quantitative estimate of drug-likeness (QED) is 0.923. The molecule has 1 fully saturated rings. The predicted octanol–water partition coefficient (Wildman–Crippen LogP) is 2.87. The molecule has 4 nitrogen and oxygen atoms in total. The number of nitrogens with two attached hydrogens (primary N) is 1. The molecule has 0 spiro atoms. The summed E-state index contributed by atoms with van der Waals surface area (Å²) in [5, 5.41) is 2.46. The van der Waals surface area contributed by atoms with E-state index < -0.39 is 0 Å². The van der Waals surface area contributed by atoms with Crippen LogP contribution in [-0.2, 0) is 9.53 Å². The molecular formula is C19H24N2O2. The molecule has 0 bridgehead atoms. The van der Waals surface area contributed by atoms with Crippen molar-refractivity contribution in [2.75, 3.05) is 20.2 Å². The van der Waals surface area contributed by atoms with Crippen LogP contribution in [0, 0.1) is 0 Å². The van der Waals surface area contributed by atoms with Gasteiger partial charge in [0.2, 0.25) is 5.91 Å². The van der Waals surface area contributed by atoms with Crippen LogP contribution in [0.15, 0.2) is 42.5 Å². The van der Waals surface area contributed by atoms with Crippen LogP contribution >= 0.6 is 0 Å². The molecule has 1 heterocycles. The van der Waals surface area contributed by atoms with Crippen molar-refractivity contribution < 1.29 is 9.53 Å². The summed E-state index contributed by atoms with van der Waals surface area (Å²) in [6.07, 6.45) is 2.21. The number of benzene rings is 2. The summed E-state index contributed by atoms with van der Waals surface area (Å²) in [5.74, 6) is 0.137. The molecule has 3 rings (SSSR count). The molecule has 0 aliphatic carbocycles. The van der Waals surface area contributed by atoms with Crippen LogP contribution < -0.4 is 5.73 Å². The molecule has 0 radical (unpaired) electrons. The van der Waals surface area contributed by atoms with E-state index in [-0.39, 0.29) is 18.1 Å². The second kappa shape index (κ2) is 7.11. The number of amides is 1. The highest BCUT2D eigenvalue weighted by Crippen LogP contribution is 2.36. The fourth-order valence-electron chi connectivity index (χ4n) is 3.50. The highest BCUT2D eigenvalue weighted by Gasteiger charge is 2.31. The third-order valence-corrected chi connectivity index (χ3v) is 4.75. The molecule has 0 saturated carbocycles. The summed E-state index contributed by atoms with van der Waals surface area (Å²) in [6, 6.07) is 14.9. The minimum absolute atomic E-state index is 0.137. The Labute approximate surface area is 137 Å². The summed E-state index contributed by atoms with van der Waals surface area (Å²) >= 11 is 0. The molecule has 23 heavy (non-hydrogen) atoms. The zero-order chi connectivity index (χ0) is 16.2. The van der Waals surface area contributed by atoms with Crippen LogP contribution in [0.2, 0.25) is 0 Å². The van der Waals surface area contributed by atoms with E-state index in [2.05, 4.69) is 36.4 Å². The maximum atomic E-state index is 12.7. The minimum atomic E-state index is -0.198. The topological polar surface area (TPSA) is 55.6 Å². The molecule has 4 heteroatoms. The number of rotatable bonds is 5. The standard InChI is InChI=1S/C19H24N2O2/c1-23-15(13-20)12-19(22)21-11-5-10-18(21)17-9-4-7-14-6-2-3-8-16(14)17/h2-4,6-9,15,18H,5,10-13,20H2,1H3/t15-,18+/m0/s1. The molecule has 1 aliphatic rings. The summed E-state index contributed by atoms with van der Waals surface area (Å²) in [5.41, 5.74) is 6.90. The highest BCUT2D eigenvalue weighted by atomic mass is 16.5. The van der Waals surface area contributed by atoms with Gasteiger partial charge in [-0.3, -0.25) is 4.79 Å². The Balaban J connectivity index is 1.87. The van der Waals surface area contributed by atoms with Gasteiger partial charge in [0, 0.05) is 20.2 Å². The predicted molar refractivity (Wildman–Crippen MR) is 92.1 cm³/mol. The van der Waals surface area contributed by atoms with Gasteiger partial charge in [0.05, 0.1) is 18.6 Å². The van der Waals surface area contributed by atoms with Gasteiger partial charge in [-0.1, -0.05) is 42.5 Å². The highest BCUT2D eigenvalue weighted by molar-refractivity contribution is 5.87. The third-order valence-electron chi connectivity index (χ3n) is 4.75. The van der Waals surface area contributed by atoms with Crippen molar-refractivity contribution in [3.63, 3.8) is 0 Å². The molecule has 1 aliphatic heterocycles. The number of hydrogen-bond acceptors (Lipinski definition) is 3. The maximum absolute atomic E-state index is 12.7. The number of likely N-dealkylation sites (tertiary alicyclic amines) is 1. The summed E-state index contributed by atoms with van der Waals surface area (Å²) in [7, 11) is 1.61. The number of hydrogen-bond donors (Lipinski definition) is 1. The lowest BCUT2D eigenvalue weighted by Gasteiger charge is -2.27. The zero-order valence-corrected chi connectivity index (χ0v) is 13.6. The number of carbonyl (C=O) groups is 1. The Morgan fingerprint density at radius 3 is 2.87 bits per heavy atom. The first-order valence-corrected chi connectivity index (χ1v) is 8.24. The van der Waals surface area contributed by atoms with Gasteiger partial charge in [-0.2, -0.15) is 0 Å². The van der Waals surface area contributed by atoms with Crippen LogP contribution in [0.5, 0.6) is 0 Å². The molecule has 1 saturated heterocycles. The number of nitrogens with zero attached hydrogens (tertiary/aromatic N) is 1. The van der Waals surface area contributed by atoms with Gasteiger partial charge in [0.1, 0.15) is 0 Å². The SMILES string of the molecule is CO[C@H](CN)CC(=O)N1CCC[C@@H]1c1cccc2ccccc12. The molecule has 122 valence electrons. The lowest BCUT2D eigenvalue weighted by atomic mass is 9.97. The van der Waals surface area contributed by atoms with E-state index in [1.165, 1.54) is 16.3 Å². The van der Waals surface area contributed by atoms with E-state index in [9.17, 15) is 4.79 Å².